The van der Waals surface area contributed by atoms with Gasteiger partial charge in [-0.3, -0.25) is 0 Å². The molecule has 1 fully saturated rings. The largest absolute Gasteiger partial charge is 0.478 e. The second-order valence-corrected chi connectivity index (χ2v) is 6.25. The van der Waals surface area contributed by atoms with E-state index in [4.69, 9.17) is 4.98 Å². The van der Waals surface area contributed by atoms with Crippen molar-refractivity contribution in [3.63, 3.8) is 0 Å². The van der Waals surface area contributed by atoms with Crippen LogP contribution in [-0.2, 0) is 0 Å². The molecule has 1 aromatic carbocycles. The maximum Gasteiger partial charge on any atom is 0.335 e. The van der Waals surface area contributed by atoms with Gasteiger partial charge in [0.1, 0.15) is 5.82 Å². The Kier molecular flexibility index (Phi) is 3.47. The summed E-state index contributed by atoms with van der Waals surface area (Å²) in [5.41, 5.74) is 2.21. The summed E-state index contributed by atoms with van der Waals surface area (Å²) in [5, 5.41) is 9.23. The Morgan fingerprint density at radius 2 is 2.14 bits per heavy atom. The van der Waals surface area contributed by atoms with Gasteiger partial charge in [0, 0.05) is 12.0 Å². The Hall–Kier alpha value is -1.84. The highest BCUT2D eigenvalue weighted by molar-refractivity contribution is 5.92. The molecule has 4 heteroatoms. The van der Waals surface area contributed by atoms with Crippen molar-refractivity contribution in [3.05, 3.63) is 29.6 Å². The number of carboxylic acid groups (broad SMARTS) is 1. The molecule has 0 saturated heterocycles. The Morgan fingerprint density at radius 3 is 2.71 bits per heavy atom. The second kappa shape index (κ2) is 5.17. The number of benzene rings is 1. The number of aromatic nitrogens is 2. The average molecular weight is 286 g/mol. The van der Waals surface area contributed by atoms with Crippen LogP contribution in [0.4, 0.5) is 0 Å². The van der Waals surface area contributed by atoms with Crippen molar-refractivity contribution in [1.82, 2.24) is 9.55 Å². The summed E-state index contributed by atoms with van der Waals surface area (Å²) < 4.78 is 2.29. The third kappa shape index (κ3) is 2.43. The Balaban J connectivity index is 2.19. The van der Waals surface area contributed by atoms with Crippen molar-refractivity contribution in [2.45, 2.75) is 52.0 Å². The molecule has 0 radical (unpaired) electrons. The second-order valence-electron chi connectivity index (χ2n) is 6.25. The number of nitrogens with zero attached hydrogens (tertiary/aromatic N) is 2. The van der Waals surface area contributed by atoms with Gasteiger partial charge in [-0.25, -0.2) is 9.78 Å². The lowest BCUT2D eigenvalue weighted by Gasteiger charge is -2.23. The van der Waals surface area contributed by atoms with Crippen LogP contribution in [0.2, 0.25) is 0 Å². The molecule has 0 bridgehead atoms. The van der Waals surface area contributed by atoms with E-state index in [-0.39, 0.29) is 0 Å². The average Bonchev–Trinajstić information content (AvgIpc) is 3.25. The van der Waals surface area contributed by atoms with Crippen LogP contribution in [0.3, 0.4) is 0 Å². The summed E-state index contributed by atoms with van der Waals surface area (Å²) in [6.45, 7) is 6.66. The van der Waals surface area contributed by atoms with Crippen LogP contribution in [0.25, 0.3) is 11.0 Å². The van der Waals surface area contributed by atoms with Gasteiger partial charge in [0.05, 0.1) is 16.6 Å². The van der Waals surface area contributed by atoms with Gasteiger partial charge in [0.15, 0.2) is 0 Å². The molecule has 0 amide bonds. The number of imidazole rings is 1. The summed E-state index contributed by atoms with van der Waals surface area (Å²) in [4.78, 5) is 16.0. The SMILES string of the molecule is CCC(C)C(C)n1c(C2CC2)nc2ccc(C(=O)O)cc21. The highest BCUT2D eigenvalue weighted by atomic mass is 16.4. The summed E-state index contributed by atoms with van der Waals surface area (Å²) in [7, 11) is 0. The Bertz CT molecular complexity index is 685. The fraction of sp³-hybridized carbons (Fsp3) is 0.529. The molecule has 1 aliphatic carbocycles. The molecule has 112 valence electrons. The van der Waals surface area contributed by atoms with Crippen LogP contribution < -0.4 is 0 Å². The van der Waals surface area contributed by atoms with E-state index in [9.17, 15) is 9.90 Å². The van der Waals surface area contributed by atoms with Crippen LogP contribution in [0.15, 0.2) is 18.2 Å². The maximum absolute atomic E-state index is 11.2. The lowest BCUT2D eigenvalue weighted by Crippen LogP contribution is -2.16. The Morgan fingerprint density at radius 1 is 1.43 bits per heavy atom. The van der Waals surface area contributed by atoms with Gasteiger partial charge >= 0.3 is 5.97 Å². The third-order valence-corrected chi connectivity index (χ3v) is 4.78. The van der Waals surface area contributed by atoms with Crippen LogP contribution >= 0.6 is 0 Å². The highest BCUT2D eigenvalue weighted by Gasteiger charge is 2.32. The van der Waals surface area contributed by atoms with E-state index < -0.39 is 5.97 Å². The van der Waals surface area contributed by atoms with Gasteiger partial charge < -0.3 is 9.67 Å². The van der Waals surface area contributed by atoms with Crippen molar-refractivity contribution < 1.29 is 9.90 Å². The van der Waals surface area contributed by atoms with Gasteiger partial charge in [0.25, 0.3) is 0 Å². The molecule has 2 unspecified atom stereocenters. The standard InChI is InChI=1S/C17H22N2O2/c1-4-10(2)11(3)19-15-9-13(17(20)21)7-8-14(15)18-16(19)12-5-6-12/h7-12H,4-6H2,1-3H3,(H,20,21). The van der Waals surface area contributed by atoms with Crippen molar-refractivity contribution in [2.24, 2.45) is 5.92 Å². The molecule has 21 heavy (non-hydrogen) atoms. The Labute approximate surface area is 124 Å². The number of carboxylic acids is 1. The first-order chi connectivity index (χ1) is 10.0. The summed E-state index contributed by atoms with van der Waals surface area (Å²) >= 11 is 0. The first kappa shape index (κ1) is 14.1. The zero-order valence-corrected chi connectivity index (χ0v) is 12.8. The van der Waals surface area contributed by atoms with Gasteiger partial charge in [-0.05, 0) is 43.9 Å². The molecule has 1 aromatic heterocycles. The smallest absolute Gasteiger partial charge is 0.335 e. The van der Waals surface area contributed by atoms with Gasteiger partial charge in [-0.1, -0.05) is 20.3 Å². The summed E-state index contributed by atoms with van der Waals surface area (Å²) in [6.07, 6.45) is 3.49. The lowest BCUT2D eigenvalue weighted by molar-refractivity contribution is 0.0697. The first-order valence-electron chi connectivity index (χ1n) is 7.78. The summed E-state index contributed by atoms with van der Waals surface area (Å²) in [6, 6.07) is 5.59. The van der Waals surface area contributed by atoms with Gasteiger partial charge in [-0.15, -0.1) is 0 Å². The molecule has 2 aromatic rings. The number of aromatic carboxylic acids is 1. The van der Waals surface area contributed by atoms with Crippen LogP contribution in [0.1, 0.15) is 68.2 Å². The zero-order valence-electron chi connectivity index (χ0n) is 12.8. The van der Waals surface area contributed by atoms with E-state index in [1.807, 2.05) is 6.07 Å². The van der Waals surface area contributed by atoms with Crippen LogP contribution in [-0.4, -0.2) is 20.6 Å². The molecule has 0 spiro atoms. The molecule has 1 N–H and O–H groups in total. The van der Waals surface area contributed by atoms with Crippen molar-refractivity contribution in [1.29, 1.82) is 0 Å². The minimum atomic E-state index is -0.881. The van der Waals surface area contributed by atoms with Crippen molar-refractivity contribution >= 4 is 17.0 Å². The van der Waals surface area contributed by atoms with E-state index in [1.54, 1.807) is 12.1 Å². The van der Waals surface area contributed by atoms with Gasteiger partial charge in [0.2, 0.25) is 0 Å². The van der Waals surface area contributed by atoms with Crippen molar-refractivity contribution in [3.8, 4) is 0 Å². The van der Waals surface area contributed by atoms with Crippen LogP contribution in [0, 0.1) is 5.92 Å². The number of fused-ring (bicyclic) bond motifs is 1. The quantitative estimate of drug-likeness (QED) is 0.895. The molecule has 1 saturated carbocycles. The fourth-order valence-corrected chi connectivity index (χ4v) is 2.90. The minimum absolute atomic E-state index is 0.333. The first-order valence-corrected chi connectivity index (χ1v) is 7.78. The number of rotatable bonds is 5. The summed E-state index contributed by atoms with van der Waals surface area (Å²) in [5.74, 6) is 1.35. The van der Waals surface area contributed by atoms with Crippen molar-refractivity contribution in [2.75, 3.05) is 0 Å². The molecule has 1 heterocycles. The maximum atomic E-state index is 11.2. The zero-order chi connectivity index (χ0) is 15.1. The lowest BCUT2D eigenvalue weighted by atomic mass is 10.00. The number of hydrogen-bond donors (Lipinski definition) is 1. The van der Waals surface area contributed by atoms with E-state index in [0.29, 0.717) is 23.4 Å². The monoisotopic (exact) mass is 286 g/mol. The molecule has 3 rings (SSSR count). The predicted molar refractivity (Wildman–Crippen MR) is 82.8 cm³/mol. The molecule has 1 aliphatic rings. The topological polar surface area (TPSA) is 55.1 Å². The molecule has 0 aliphatic heterocycles. The molecule has 4 nitrogen and oxygen atoms in total. The van der Waals surface area contributed by atoms with E-state index in [2.05, 4.69) is 25.3 Å². The molecular formula is C17H22N2O2. The number of carbonyl (C=O) groups is 1. The van der Waals surface area contributed by atoms with E-state index >= 15 is 0 Å². The van der Waals surface area contributed by atoms with Crippen LogP contribution in [0.5, 0.6) is 0 Å². The fourth-order valence-electron chi connectivity index (χ4n) is 2.90. The normalized spacial score (nSPS) is 17.9. The molecule has 2 atom stereocenters. The predicted octanol–water partition coefficient (Wildman–Crippen LogP) is 4.22. The third-order valence-electron chi connectivity index (χ3n) is 4.78. The van der Waals surface area contributed by atoms with E-state index in [1.165, 1.54) is 12.8 Å². The molecular weight excluding hydrogens is 264 g/mol. The highest BCUT2D eigenvalue weighted by Crippen LogP contribution is 2.42. The van der Waals surface area contributed by atoms with E-state index in [0.717, 1.165) is 23.3 Å². The van der Waals surface area contributed by atoms with Gasteiger partial charge in [-0.2, -0.15) is 0 Å². The number of hydrogen-bond acceptors (Lipinski definition) is 2. The minimum Gasteiger partial charge on any atom is -0.478 e.